The van der Waals surface area contributed by atoms with E-state index in [1.54, 1.807) is 61.5 Å². The first-order valence-corrected chi connectivity index (χ1v) is 140. The molecule has 100 heavy (non-hydrogen) atoms. The average molecular weight is 2520 g/mol. The van der Waals surface area contributed by atoms with Crippen LogP contribution in [-0.4, -0.2) is 45.6 Å². The van der Waals surface area contributed by atoms with E-state index in [2.05, 4.69) is 268 Å². The Morgan fingerprint density at radius 1 is 0.500 bits per heavy atom. The first-order chi connectivity index (χ1) is 45.8. The van der Waals surface area contributed by atoms with E-state index < -0.39 is 74.5 Å². The van der Waals surface area contributed by atoms with Crippen molar-refractivity contribution in [2.45, 2.75) is 71.4 Å². The minimum Gasteiger partial charge on any atom is -0.369 e. The second-order valence-electron chi connectivity index (χ2n) is 21.3. The van der Waals surface area contributed by atoms with Gasteiger partial charge < -0.3 is 5.73 Å². The maximum Gasteiger partial charge on any atom is 0.244 e. The van der Waals surface area contributed by atoms with E-state index in [1.807, 2.05) is 34.6 Å². The first-order valence-electron chi connectivity index (χ1n) is 26.8. The van der Waals surface area contributed by atoms with Gasteiger partial charge in [-0.15, -0.1) is 275 Å². The highest BCUT2D eigenvalue weighted by Gasteiger charge is 2.62. The summed E-state index contributed by atoms with van der Waals surface area (Å²) in [6, 6.07) is 12.2. The monoisotopic (exact) mass is 2520 g/mol. The zero-order valence-corrected chi connectivity index (χ0v) is 119. The number of rotatable bonds is 39. The van der Waals surface area contributed by atoms with Crippen molar-refractivity contribution in [3.05, 3.63) is 76.3 Å². The second-order valence-corrected chi connectivity index (χ2v) is 275. The molecule has 0 fully saturated rings. The highest BCUT2D eigenvalue weighted by atomic mass is 35.5. The van der Waals surface area contributed by atoms with Crippen molar-refractivity contribution in [1.29, 1.82) is 0 Å². The fraction of sp³-hybridized carbons (Fsp3) is 0.448. The molecule has 4 radical (unpaired) electrons. The number of halogens is 1. The number of Topliss-reactive ketones (excluding diaryl/α,β-unsaturated/α-hetero) is 1. The molecule has 0 saturated carbocycles. The third kappa shape index (κ3) is 37.9. The van der Waals surface area contributed by atoms with E-state index in [4.69, 9.17) is 32.5 Å². The van der Waals surface area contributed by atoms with Gasteiger partial charge in [-0.3, -0.25) is 9.59 Å². The Bertz CT molecular complexity index is 2780. The molecule has 2 N–H and O–H groups in total. The molecular weight excluding hydrogens is 2420 g/mol. The van der Waals surface area contributed by atoms with Crippen LogP contribution in [0.1, 0.15) is 64.6 Å². The number of hydrogen-bond donors (Lipinski definition) is 1. The number of nitrogens with zero attached hydrogens (tertiary/aromatic N) is 1. The smallest absolute Gasteiger partial charge is 0.244 e. The number of amides is 1. The number of ketones is 1. The molecule has 1 heterocycles. The van der Waals surface area contributed by atoms with E-state index in [-0.39, 0.29) is 198 Å². The van der Waals surface area contributed by atoms with Crippen LogP contribution in [0.3, 0.4) is 0 Å². The lowest BCUT2D eigenvalue weighted by Crippen LogP contribution is -2.45. The van der Waals surface area contributed by atoms with Crippen LogP contribution in [0.4, 0.5) is 0 Å². The van der Waals surface area contributed by atoms with Gasteiger partial charge in [-0.05, 0) is 257 Å². The molecule has 35 unspecified atom stereocenters. The van der Waals surface area contributed by atoms with Crippen LogP contribution < -0.4 is 5.73 Å². The Kier molecular flexibility index (Phi) is 72.4. The molecule has 6 nitrogen and oxygen atoms in total. The molecule has 1 aliphatic rings. The summed E-state index contributed by atoms with van der Waals surface area (Å²) in [6.45, 7) is 2.38. The molecule has 71 heteroatoms. The van der Waals surface area contributed by atoms with Crippen molar-refractivity contribution in [3.63, 3.8) is 0 Å². The molecule has 38 atom stereocenters. The zero-order chi connectivity index (χ0) is 77.7. The number of carbonyl (C=O) groups is 2. The molecule has 0 saturated heterocycles. The van der Waals surface area contributed by atoms with Gasteiger partial charge in [-0.25, -0.2) is 8.42 Å². The van der Waals surface area contributed by atoms with Crippen LogP contribution in [-0.2, 0) is 19.6 Å². The predicted octanol–water partition coefficient (Wildman–Crippen LogP) is 41.3. The molecule has 0 spiro atoms. The summed E-state index contributed by atoms with van der Waals surface area (Å²) in [5.74, 6) is -1.26. The highest BCUT2D eigenvalue weighted by molar-refractivity contribution is 9.55. The molecule has 3 rings (SSSR count). The number of benzene rings is 2. The van der Waals surface area contributed by atoms with Crippen molar-refractivity contribution >= 4 is 534 Å². The summed E-state index contributed by atoms with van der Waals surface area (Å²) >= 11 is 6.15. The summed E-state index contributed by atoms with van der Waals surface area (Å²) in [7, 11) is 117. The molecule has 2 aromatic carbocycles. The quantitative estimate of drug-likeness (QED) is 0.0533. The molecule has 0 bridgehead atoms. The van der Waals surface area contributed by atoms with Gasteiger partial charge in [0, 0.05) is 29.0 Å². The normalized spacial score (nSPS) is 17.6. The van der Waals surface area contributed by atoms with Crippen LogP contribution in [0.5, 0.6) is 0 Å². The van der Waals surface area contributed by atoms with E-state index in [9.17, 15) is 18.0 Å². The molecule has 2 aromatic rings. The van der Waals surface area contributed by atoms with Crippen molar-refractivity contribution in [2.24, 2.45) is 23.0 Å². The average Bonchev–Trinajstić information content (AvgIpc) is 1.04. The summed E-state index contributed by atoms with van der Waals surface area (Å²) in [5.41, 5.74) is 6.73. The van der Waals surface area contributed by atoms with Crippen molar-refractivity contribution < 1.29 is 18.0 Å². The van der Waals surface area contributed by atoms with Crippen LogP contribution in [0.25, 0.3) is 0 Å². The fourth-order valence-corrected chi connectivity index (χ4v) is 895. The SMILES string of the molecule is Cc1ccccc1S(=O)(=O)N1[C@@H](c2ccc(Cl)cc2)C(C(=O)C[C@@H](CC(C)C)C(N)=O)=C[C@H]1C(C)(C)C.[B]PP([B])P(P(P)P)P(P(P(P)P)P(P)P)P(P(P(P(P)P)P(P)P)P(P(P)P)P(P)P)P(P(P(P(P)P)P(P)P)P(P(P)P)P(P)P)P(P(P(P)P)P(P)P)P(P(P)P)P(P)P. The Balaban J connectivity index is 0.000000773. The van der Waals surface area contributed by atoms with E-state index in [1.165, 1.54) is 4.31 Å². The van der Waals surface area contributed by atoms with Crippen LogP contribution in [0.15, 0.2) is 65.1 Å². The molecule has 572 valence electrons. The van der Waals surface area contributed by atoms with Gasteiger partial charge in [-0.2, -0.15) is 12.5 Å². The largest absolute Gasteiger partial charge is 0.369 e. The van der Waals surface area contributed by atoms with Gasteiger partial charge in [-0.1, -0.05) is 82.6 Å². The third-order valence-electron chi connectivity index (χ3n) is 12.3. The lowest BCUT2D eigenvalue weighted by molar-refractivity contribution is -0.126. The second kappa shape index (κ2) is 60.4. The van der Waals surface area contributed by atoms with Gasteiger partial charge in [0.15, 0.2) is 5.78 Å². The Labute approximate surface area is 717 Å². The van der Waals surface area contributed by atoms with Gasteiger partial charge in [0.2, 0.25) is 15.9 Å². The molecular formula is C29H98B2ClN2O4P61S. The number of carbonyl (C=O) groups excluding carboxylic acids is 2. The van der Waals surface area contributed by atoms with Crippen molar-refractivity contribution in [3.8, 4) is 0 Å². The number of hydrogen-bond acceptors (Lipinski definition) is 4. The number of sulfonamides is 1. The van der Waals surface area contributed by atoms with Crippen LogP contribution in [0.2, 0.25) is 5.02 Å². The summed E-state index contributed by atoms with van der Waals surface area (Å²) in [5, 5.41) is 0.505. The Morgan fingerprint density at radius 3 is 1.03 bits per heavy atom. The maximum atomic E-state index is 14.3. The highest BCUT2D eigenvalue weighted by Crippen LogP contribution is 3.49. The first kappa shape index (κ1) is 120. The van der Waals surface area contributed by atoms with Gasteiger partial charge >= 0.3 is 0 Å². The Morgan fingerprint density at radius 2 is 0.780 bits per heavy atom. The molecule has 1 amide bonds. The van der Waals surface area contributed by atoms with Crippen LogP contribution in [0, 0.1) is 24.2 Å². The lowest BCUT2D eigenvalue weighted by atomic mass is 9.86. The fourth-order valence-electron chi connectivity index (χ4n) is 8.70. The summed E-state index contributed by atoms with van der Waals surface area (Å²) in [4.78, 5) is 26.2. The standard InChI is InChI=1S/C29H37ClN2O4S.B2H61P61/c1-18(2)15-21(28(31)34)16-24(33)23-17-26(29(4,5)6)32(27(23)20-11-13-22(30)14-12-20)37(35,36)25-10-8-7-9-19(25)3;1-33-34(2)50(35(3)4)58(51(36(5)6)37(7)8)62(59(52(38(9)10)39(11)12)53(40(13)14)41(15)16)63(60(54(42(17)18)43(19)20)55(44(21)22)45(23)24)61(56(46(25)26)47(27)28)57(48(29)30)49(31)32/h7-14,17-18,21,26-27H,15-16H2,1-6H3,(H2,31,34);33H,3-32H2/t21-,26+,27+;/m1./s1. The van der Waals surface area contributed by atoms with Crippen molar-refractivity contribution in [2.75, 3.05) is 0 Å². The minimum absolute atomic E-state index is 0.0709. The topological polar surface area (TPSA) is 97.5 Å². The predicted molar refractivity (Wildman–Crippen MR) is 666 cm³/mol. The van der Waals surface area contributed by atoms with Gasteiger partial charge in [0.1, 0.15) is 15.1 Å². The summed E-state index contributed by atoms with van der Waals surface area (Å²) in [6.07, 6.45) is 2.18. The third-order valence-corrected chi connectivity index (χ3v) is 441. The maximum absolute atomic E-state index is 14.3. The number of nitrogens with two attached hydrogens (primary N) is 1. The lowest BCUT2D eigenvalue weighted by Gasteiger charge is -2.61. The van der Waals surface area contributed by atoms with E-state index in [0.717, 1.165) is 0 Å². The Hall–Kier alpha value is 23.9. The van der Waals surface area contributed by atoms with Crippen LogP contribution >= 0.6 is 497 Å². The van der Waals surface area contributed by atoms with Gasteiger partial charge in [0.25, 0.3) is 0 Å². The molecule has 1 aliphatic heterocycles. The minimum atomic E-state index is -4.03. The van der Waals surface area contributed by atoms with E-state index >= 15 is 0 Å². The molecule has 0 aromatic heterocycles. The molecule has 0 aliphatic carbocycles. The number of aryl methyl sites for hydroxylation is 1. The zero-order valence-electron chi connectivity index (χ0n) is 54.8. The van der Waals surface area contributed by atoms with E-state index in [0.29, 0.717) is 36.3 Å². The van der Waals surface area contributed by atoms with Crippen molar-refractivity contribution in [1.82, 2.24) is 4.31 Å². The number of primary amides is 1. The summed E-state index contributed by atoms with van der Waals surface area (Å²) < 4.78 is 30.0. The van der Waals surface area contributed by atoms with Gasteiger partial charge in [0.05, 0.1) is 10.9 Å².